The monoisotopic (exact) mass is 539 g/mol. The Labute approximate surface area is 212 Å². The quantitative estimate of drug-likeness (QED) is 0.411. The summed E-state index contributed by atoms with van der Waals surface area (Å²) in [4.78, 5) is 3.03. The van der Waals surface area contributed by atoms with E-state index in [9.17, 15) is 21.9 Å². The molecule has 5 rings (SSSR count). The molecule has 36 heavy (non-hydrogen) atoms. The molecular formula is C24H33N3O7S2. The summed E-state index contributed by atoms with van der Waals surface area (Å²) in [6.45, 7) is 1.64. The summed E-state index contributed by atoms with van der Waals surface area (Å²) >= 11 is 0. The third kappa shape index (κ3) is 5.48. The van der Waals surface area contributed by atoms with E-state index < -0.39 is 26.0 Å². The molecule has 1 spiro atoms. The molecular weight excluding hydrogens is 506 g/mol. The van der Waals surface area contributed by atoms with Gasteiger partial charge >= 0.3 is 0 Å². The van der Waals surface area contributed by atoms with Crippen molar-refractivity contribution in [3.8, 4) is 5.75 Å². The van der Waals surface area contributed by atoms with Crippen molar-refractivity contribution in [3.05, 3.63) is 42.6 Å². The zero-order chi connectivity index (χ0) is 25.4. The van der Waals surface area contributed by atoms with Crippen LogP contribution in [0.5, 0.6) is 5.75 Å². The number of hydrogen-bond donors (Lipinski definition) is 3. The van der Waals surface area contributed by atoms with Gasteiger partial charge in [0.15, 0.2) is 9.84 Å². The normalized spacial score (nSPS) is 23.6. The third-order valence-electron chi connectivity index (χ3n) is 7.21. The predicted molar refractivity (Wildman–Crippen MR) is 132 cm³/mol. The van der Waals surface area contributed by atoms with Crippen molar-refractivity contribution in [2.75, 3.05) is 32.8 Å². The molecule has 0 bridgehead atoms. The minimum absolute atomic E-state index is 0.0320. The second-order valence-corrected chi connectivity index (χ2v) is 14.1. The lowest BCUT2D eigenvalue weighted by Gasteiger charge is -2.37. The fraction of sp³-hybridized carbons (Fsp3) is 0.583. The summed E-state index contributed by atoms with van der Waals surface area (Å²) in [5.74, 6) is 0.417. The van der Waals surface area contributed by atoms with Gasteiger partial charge in [0.25, 0.3) is 10.0 Å². The number of aromatic nitrogens is 1. The molecule has 2 atom stereocenters. The van der Waals surface area contributed by atoms with Crippen molar-refractivity contribution >= 4 is 19.9 Å². The van der Waals surface area contributed by atoms with E-state index in [0.717, 1.165) is 6.42 Å². The van der Waals surface area contributed by atoms with Gasteiger partial charge in [0.2, 0.25) is 0 Å². The molecule has 3 fully saturated rings. The van der Waals surface area contributed by atoms with E-state index in [0.29, 0.717) is 57.7 Å². The van der Waals surface area contributed by atoms with Gasteiger partial charge in [-0.25, -0.2) is 16.8 Å². The van der Waals surface area contributed by atoms with Crippen LogP contribution in [0.15, 0.2) is 52.5 Å². The Hall–Kier alpha value is -1.96. The maximum absolute atomic E-state index is 12.7. The first-order valence-electron chi connectivity index (χ1n) is 12.3. The number of piperidine rings is 1. The minimum Gasteiger partial charge on any atom is -0.491 e. The summed E-state index contributed by atoms with van der Waals surface area (Å²) in [5.41, 5.74) is -0.353. The van der Waals surface area contributed by atoms with Gasteiger partial charge in [-0.1, -0.05) is 6.07 Å². The van der Waals surface area contributed by atoms with Crippen LogP contribution in [0.1, 0.15) is 32.1 Å². The number of nitrogens with one attached hydrogen (secondary N) is 2. The highest BCUT2D eigenvalue weighted by atomic mass is 32.2. The average Bonchev–Trinajstić information content (AvgIpc) is 3.45. The number of aromatic amines is 1. The van der Waals surface area contributed by atoms with Crippen molar-refractivity contribution in [3.63, 3.8) is 0 Å². The molecule has 3 aliphatic rings. The molecule has 1 aromatic carbocycles. The van der Waals surface area contributed by atoms with E-state index in [2.05, 4.69) is 10.3 Å². The number of sulfonamides is 1. The van der Waals surface area contributed by atoms with Crippen molar-refractivity contribution in [2.24, 2.45) is 0 Å². The maximum Gasteiger partial charge on any atom is 0.258 e. The van der Waals surface area contributed by atoms with Crippen LogP contribution in [0.3, 0.4) is 0 Å². The molecule has 2 aliphatic heterocycles. The van der Waals surface area contributed by atoms with Crippen LogP contribution in [0.2, 0.25) is 0 Å². The first kappa shape index (κ1) is 25.7. The number of ether oxygens (including phenoxy) is 2. The Morgan fingerprint density at radius 3 is 2.64 bits per heavy atom. The first-order chi connectivity index (χ1) is 17.2. The number of rotatable bonds is 10. The van der Waals surface area contributed by atoms with Crippen molar-refractivity contribution < 1.29 is 31.4 Å². The number of H-pyrrole nitrogens is 1. The fourth-order valence-corrected chi connectivity index (χ4v) is 8.04. The second kappa shape index (κ2) is 10.1. The molecule has 0 amide bonds. The highest BCUT2D eigenvalue weighted by molar-refractivity contribution is 7.92. The van der Waals surface area contributed by atoms with Crippen LogP contribution < -0.4 is 10.1 Å². The molecule has 2 aromatic rings. The van der Waals surface area contributed by atoms with E-state index >= 15 is 0 Å². The minimum atomic E-state index is -3.52. The number of benzene rings is 1. The van der Waals surface area contributed by atoms with Crippen LogP contribution in [0, 0.1) is 0 Å². The van der Waals surface area contributed by atoms with Gasteiger partial charge in [0.1, 0.15) is 23.5 Å². The highest BCUT2D eigenvalue weighted by Gasteiger charge is 2.45. The summed E-state index contributed by atoms with van der Waals surface area (Å²) in [5, 5.41) is 13.6. The van der Waals surface area contributed by atoms with E-state index in [1.807, 2.05) is 0 Å². The Morgan fingerprint density at radius 2 is 1.94 bits per heavy atom. The largest absolute Gasteiger partial charge is 0.491 e. The molecule has 3 N–H and O–H groups in total. The van der Waals surface area contributed by atoms with Gasteiger partial charge in [-0.05, 0) is 62.4 Å². The van der Waals surface area contributed by atoms with Crippen LogP contribution in [-0.2, 0) is 24.6 Å². The van der Waals surface area contributed by atoms with Crippen LogP contribution in [-0.4, -0.2) is 87.1 Å². The van der Waals surface area contributed by atoms with Crippen molar-refractivity contribution in [2.45, 2.75) is 65.0 Å². The van der Waals surface area contributed by atoms with E-state index in [1.54, 1.807) is 36.5 Å². The summed E-state index contributed by atoms with van der Waals surface area (Å²) < 4.78 is 63.6. The number of aliphatic hydroxyl groups is 1. The maximum atomic E-state index is 12.7. The van der Waals surface area contributed by atoms with Crippen molar-refractivity contribution in [1.29, 1.82) is 0 Å². The SMILES string of the molecule is O=S(=O)(c1cccc(OC[C@@H](O)CN[C@H]2COC3(CCN(S(=O)(=O)c4ccc[nH]4)CC3)C2)c1)C1CC1. The first-order valence-corrected chi connectivity index (χ1v) is 15.3. The Morgan fingerprint density at radius 1 is 1.17 bits per heavy atom. The predicted octanol–water partition coefficient (Wildman–Crippen LogP) is 1.29. The Bertz CT molecular complexity index is 1250. The van der Waals surface area contributed by atoms with Crippen LogP contribution in [0.4, 0.5) is 0 Å². The zero-order valence-electron chi connectivity index (χ0n) is 20.0. The smallest absolute Gasteiger partial charge is 0.258 e. The molecule has 1 aliphatic carbocycles. The van der Waals surface area contributed by atoms with Gasteiger partial charge in [-0.2, -0.15) is 4.31 Å². The molecule has 198 valence electrons. The lowest BCUT2D eigenvalue weighted by molar-refractivity contribution is -0.0312. The molecule has 1 aromatic heterocycles. The van der Waals surface area contributed by atoms with Crippen molar-refractivity contribution in [1.82, 2.24) is 14.6 Å². The van der Waals surface area contributed by atoms with Crippen LogP contribution >= 0.6 is 0 Å². The molecule has 10 nitrogen and oxygen atoms in total. The van der Waals surface area contributed by atoms with E-state index in [4.69, 9.17) is 9.47 Å². The van der Waals surface area contributed by atoms with Gasteiger partial charge < -0.3 is 24.9 Å². The van der Waals surface area contributed by atoms with E-state index in [1.165, 1.54) is 10.4 Å². The fourth-order valence-electron chi connectivity index (χ4n) is 4.94. The lowest BCUT2D eigenvalue weighted by atomic mass is 9.88. The topological polar surface area (TPSA) is 138 Å². The molecule has 1 saturated carbocycles. The molecule has 2 saturated heterocycles. The number of nitrogens with zero attached hydrogens (tertiary/aromatic N) is 1. The number of sulfone groups is 1. The Kier molecular flexibility index (Phi) is 7.18. The standard InChI is InChI=1S/C24H33N3O7S2/c28-19(17-33-20-3-1-4-22(13-20)35(29,30)21-6-7-21)15-26-18-14-24(34-16-18)8-11-27(12-9-24)36(31,32)23-5-2-10-25-23/h1-5,10,13,18-19,21,25-26,28H,6-9,11-12,14-17H2/t18-,19+/m1/s1. The summed E-state index contributed by atoms with van der Waals surface area (Å²) in [6.07, 6.45) is 4.22. The van der Waals surface area contributed by atoms with Gasteiger partial charge in [0.05, 0.1) is 22.4 Å². The van der Waals surface area contributed by atoms with E-state index in [-0.39, 0.29) is 33.4 Å². The lowest BCUT2D eigenvalue weighted by Crippen LogP contribution is -2.47. The molecule has 3 heterocycles. The molecule has 12 heteroatoms. The van der Waals surface area contributed by atoms with Gasteiger partial charge in [0, 0.05) is 31.9 Å². The van der Waals surface area contributed by atoms with Crippen LogP contribution in [0.25, 0.3) is 0 Å². The zero-order valence-corrected chi connectivity index (χ0v) is 21.6. The number of hydrogen-bond acceptors (Lipinski definition) is 8. The van der Waals surface area contributed by atoms with Gasteiger partial charge in [-0.3, -0.25) is 0 Å². The number of aliphatic hydroxyl groups excluding tert-OH is 1. The average molecular weight is 540 g/mol. The molecule has 0 unspecified atom stereocenters. The highest BCUT2D eigenvalue weighted by Crippen LogP contribution is 2.37. The molecule has 0 radical (unpaired) electrons. The second-order valence-electron chi connectivity index (χ2n) is 9.93. The Balaban J connectivity index is 1.06. The summed E-state index contributed by atoms with van der Waals surface area (Å²) in [6, 6.07) is 9.72. The summed E-state index contributed by atoms with van der Waals surface area (Å²) in [7, 11) is -6.81. The van der Waals surface area contributed by atoms with Gasteiger partial charge in [-0.15, -0.1) is 0 Å². The third-order valence-corrected chi connectivity index (χ3v) is 11.3.